The standard InChI is InChI=1S/C21H24O5/c1-3-8-25-16-7-5-6-14-18(16)21(24)19-15(20(14)23)10-13(12-22)11-17(19)26-9-4-2/h5-7,10-11,15,19,22H,3-4,8-9,12H2,1-2H3. The van der Waals surface area contributed by atoms with Crippen molar-refractivity contribution in [2.45, 2.75) is 26.7 Å². The molecule has 5 nitrogen and oxygen atoms in total. The van der Waals surface area contributed by atoms with Gasteiger partial charge in [-0.1, -0.05) is 32.1 Å². The van der Waals surface area contributed by atoms with Crippen LogP contribution in [-0.2, 0) is 4.74 Å². The first-order valence-corrected chi connectivity index (χ1v) is 9.12. The zero-order valence-corrected chi connectivity index (χ0v) is 15.2. The Balaban J connectivity index is 2.07. The summed E-state index contributed by atoms with van der Waals surface area (Å²) in [6.07, 6.45) is 4.97. The molecular weight excluding hydrogens is 332 g/mol. The van der Waals surface area contributed by atoms with E-state index in [9.17, 15) is 14.7 Å². The number of aliphatic hydroxyl groups is 1. The third-order valence-corrected chi connectivity index (χ3v) is 4.63. The van der Waals surface area contributed by atoms with Crippen LogP contribution in [0.3, 0.4) is 0 Å². The van der Waals surface area contributed by atoms with Crippen LogP contribution in [0.2, 0.25) is 0 Å². The van der Waals surface area contributed by atoms with Crippen LogP contribution in [0.5, 0.6) is 5.75 Å². The number of ether oxygens (including phenoxy) is 2. The summed E-state index contributed by atoms with van der Waals surface area (Å²) in [5, 5.41) is 9.53. The Kier molecular flexibility index (Phi) is 5.57. The molecule has 0 amide bonds. The van der Waals surface area contributed by atoms with Gasteiger partial charge in [0.25, 0.3) is 0 Å². The highest BCUT2D eigenvalue weighted by molar-refractivity contribution is 6.19. The first kappa shape index (κ1) is 18.4. The van der Waals surface area contributed by atoms with Gasteiger partial charge in [0.05, 0.1) is 37.2 Å². The van der Waals surface area contributed by atoms with Crippen molar-refractivity contribution in [2.75, 3.05) is 19.8 Å². The van der Waals surface area contributed by atoms with Crippen LogP contribution in [0.25, 0.3) is 0 Å². The summed E-state index contributed by atoms with van der Waals surface area (Å²) in [6, 6.07) is 5.13. The van der Waals surface area contributed by atoms with Crippen LogP contribution in [0.15, 0.2) is 41.7 Å². The fraction of sp³-hybridized carbons (Fsp3) is 0.429. The lowest BCUT2D eigenvalue weighted by atomic mass is 9.70. The molecule has 2 aliphatic rings. The van der Waals surface area contributed by atoms with E-state index in [4.69, 9.17) is 9.47 Å². The second-order valence-corrected chi connectivity index (χ2v) is 6.55. The number of rotatable bonds is 7. The van der Waals surface area contributed by atoms with Gasteiger partial charge in [-0.3, -0.25) is 9.59 Å². The van der Waals surface area contributed by atoms with Crippen LogP contribution in [0.1, 0.15) is 47.4 Å². The van der Waals surface area contributed by atoms with Crippen LogP contribution in [0.4, 0.5) is 0 Å². The molecule has 0 fully saturated rings. The van der Waals surface area contributed by atoms with Gasteiger partial charge in [0.2, 0.25) is 0 Å². The maximum atomic E-state index is 13.3. The summed E-state index contributed by atoms with van der Waals surface area (Å²) in [6.45, 7) is 4.70. The molecular formula is C21H24O5. The molecule has 0 spiro atoms. The second kappa shape index (κ2) is 7.87. The van der Waals surface area contributed by atoms with Gasteiger partial charge in [-0.2, -0.15) is 0 Å². The molecule has 138 valence electrons. The van der Waals surface area contributed by atoms with E-state index in [0.29, 0.717) is 41.4 Å². The molecule has 2 atom stereocenters. The first-order chi connectivity index (χ1) is 12.6. The van der Waals surface area contributed by atoms with Crippen molar-refractivity contribution in [3.63, 3.8) is 0 Å². The van der Waals surface area contributed by atoms with Crippen LogP contribution in [-0.4, -0.2) is 36.5 Å². The zero-order chi connectivity index (χ0) is 18.7. The lowest BCUT2D eigenvalue weighted by molar-refractivity contribution is 0.0707. The van der Waals surface area contributed by atoms with Gasteiger partial charge in [-0.25, -0.2) is 0 Å². The van der Waals surface area contributed by atoms with Crippen molar-refractivity contribution in [2.24, 2.45) is 11.8 Å². The van der Waals surface area contributed by atoms with E-state index in [1.807, 2.05) is 13.8 Å². The summed E-state index contributed by atoms with van der Waals surface area (Å²) in [4.78, 5) is 26.4. The highest BCUT2D eigenvalue weighted by Gasteiger charge is 2.46. The lowest BCUT2D eigenvalue weighted by Crippen LogP contribution is -2.39. The summed E-state index contributed by atoms with van der Waals surface area (Å²) >= 11 is 0. The number of allylic oxidation sites excluding steroid dienone is 2. The Morgan fingerprint density at radius 2 is 1.77 bits per heavy atom. The third-order valence-electron chi connectivity index (χ3n) is 4.63. The fourth-order valence-electron chi connectivity index (χ4n) is 3.45. The molecule has 0 radical (unpaired) electrons. The monoisotopic (exact) mass is 356 g/mol. The Morgan fingerprint density at radius 1 is 1.04 bits per heavy atom. The van der Waals surface area contributed by atoms with Crippen molar-refractivity contribution < 1.29 is 24.2 Å². The van der Waals surface area contributed by atoms with E-state index in [1.165, 1.54) is 0 Å². The highest BCUT2D eigenvalue weighted by atomic mass is 16.5. The topological polar surface area (TPSA) is 72.8 Å². The van der Waals surface area contributed by atoms with Crippen molar-refractivity contribution in [1.29, 1.82) is 0 Å². The summed E-state index contributed by atoms with van der Waals surface area (Å²) in [5.74, 6) is -0.723. The van der Waals surface area contributed by atoms with Crippen molar-refractivity contribution in [1.82, 2.24) is 0 Å². The normalized spacial score (nSPS) is 21.5. The average molecular weight is 356 g/mol. The second-order valence-electron chi connectivity index (χ2n) is 6.55. The summed E-state index contributed by atoms with van der Waals surface area (Å²) in [7, 11) is 0. The van der Waals surface area contributed by atoms with Crippen LogP contribution < -0.4 is 4.74 Å². The van der Waals surface area contributed by atoms with Gasteiger partial charge in [-0.15, -0.1) is 0 Å². The molecule has 5 heteroatoms. The fourth-order valence-corrected chi connectivity index (χ4v) is 3.45. The first-order valence-electron chi connectivity index (χ1n) is 9.12. The van der Waals surface area contributed by atoms with Gasteiger partial charge < -0.3 is 14.6 Å². The maximum absolute atomic E-state index is 13.3. The maximum Gasteiger partial charge on any atom is 0.178 e. The number of hydrogen-bond acceptors (Lipinski definition) is 5. The Hall–Kier alpha value is -2.40. The highest BCUT2D eigenvalue weighted by Crippen LogP contribution is 2.42. The largest absolute Gasteiger partial charge is 0.497 e. The minimum absolute atomic E-state index is 0.136. The summed E-state index contributed by atoms with van der Waals surface area (Å²) in [5.41, 5.74) is 1.33. The lowest BCUT2D eigenvalue weighted by Gasteiger charge is -2.34. The van der Waals surface area contributed by atoms with Crippen LogP contribution >= 0.6 is 0 Å². The van der Waals surface area contributed by atoms with Crippen molar-refractivity contribution >= 4 is 11.6 Å². The minimum atomic E-state index is -0.691. The zero-order valence-electron chi connectivity index (χ0n) is 15.2. The number of carbonyl (C=O) groups excluding carboxylic acids is 2. The number of ketones is 2. The van der Waals surface area contributed by atoms with E-state index in [1.54, 1.807) is 30.4 Å². The van der Waals surface area contributed by atoms with Crippen molar-refractivity contribution in [3.8, 4) is 5.75 Å². The number of benzene rings is 1. The molecule has 3 rings (SSSR count). The van der Waals surface area contributed by atoms with E-state index in [0.717, 1.165) is 12.8 Å². The number of Topliss-reactive ketones (excluding diaryl/α,β-unsaturated/α-hetero) is 2. The van der Waals surface area contributed by atoms with Gasteiger partial charge in [0, 0.05) is 5.56 Å². The van der Waals surface area contributed by atoms with Gasteiger partial charge in [0.1, 0.15) is 11.5 Å². The van der Waals surface area contributed by atoms with Crippen LogP contribution in [0, 0.1) is 11.8 Å². The molecule has 0 saturated heterocycles. The third kappa shape index (κ3) is 3.19. The van der Waals surface area contributed by atoms with Gasteiger partial charge in [0.15, 0.2) is 11.6 Å². The molecule has 0 saturated carbocycles. The minimum Gasteiger partial charge on any atom is -0.497 e. The number of hydrogen-bond donors (Lipinski definition) is 1. The van der Waals surface area contributed by atoms with Crippen molar-refractivity contribution in [3.05, 3.63) is 52.8 Å². The molecule has 1 N–H and O–H groups in total. The van der Waals surface area contributed by atoms with E-state index >= 15 is 0 Å². The predicted molar refractivity (Wildman–Crippen MR) is 97.4 cm³/mol. The Bertz CT molecular complexity index is 775. The molecule has 1 aromatic rings. The molecule has 0 heterocycles. The average Bonchev–Trinajstić information content (AvgIpc) is 2.67. The Labute approximate surface area is 153 Å². The molecule has 1 aromatic carbocycles. The van der Waals surface area contributed by atoms with E-state index in [-0.39, 0.29) is 18.2 Å². The number of carbonyl (C=O) groups is 2. The Morgan fingerprint density at radius 3 is 2.46 bits per heavy atom. The molecule has 0 aliphatic heterocycles. The van der Waals surface area contributed by atoms with E-state index < -0.39 is 11.8 Å². The smallest absolute Gasteiger partial charge is 0.178 e. The molecule has 26 heavy (non-hydrogen) atoms. The molecule has 2 aliphatic carbocycles. The molecule has 0 bridgehead atoms. The number of fused-ring (bicyclic) bond motifs is 2. The SMILES string of the molecule is CCCOC1=CC(CO)=CC2C(=O)c3cccc(OCCC)c3C(=O)C12. The quantitative estimate of drug-likeness (QED) is 0.811. The summed E-state index contributed by atoms with van der Waals surface area (Å²) < 4.78 is 11.5. The number of aliphatic hydroxyl groups excluding tert-OH is 1. The molecule has 0 aromatic heterocycles. The predicted octanol–water partition coefficient (Wildman–Crippen LogP) is 3.33. The van der Waals surface area contributed by atoms with Gasteiger partial charge in [-0.05, 0) is 30.6 Å². The van der Waals surface area contributed by atoms with Gasteiger partial charge >= 0.3 is 0 Å². The molecule has 2 unspecified atom stereocenters. The van der Waals surface area contributed by atoms with E-state index in [2.05, 4.69) is 0 Å².